The number of benzene rings is 1. The van der Waals surface area contributed by atoms with Crippen molar-refractivity contribution in [3.63, 3.8) is 0 Å². The number of ether oxygens (including phenoxy) is 1. The normalized spacial score (nSPS) is 13.7. The molecule has 0 bridgehead atoms. The first-order chi connectivity index (χ1) is 12.7. The van der Waals surface area contributed by atoms with E-state index in [9.17, 15) is 13.2 Å². The summed E-state index contributed by atoms with van der Waals surface area (Å²) in [6.07, 6.45) is -3.18. The number of alkyl halides is 3. The molecule has 0 aliphatic rings. The van der Waals surface area contributed by atoms with Gasteiger partial charge in [-0.25, -0.2) is 0 Å². The van der Waals surface area contributed by atoms with Gasteiger partial charge >= 0.3 is 6.18 Å². The second kappa shape index (κ2) is 11.8. The first kappa shape index (κ1) is 23.2. The second-order valence-electron chi connectivity index (χ2n) is 6.51. The Balaban J connectivity index is 2.34. The second-order valence-corrected chi connectivity index (χ2v) is 6.51. The van der Waals surface area contributed by atoms with Crippen LogP contribution < -0.4 is 10.6 Å². The maximum atomic E-state index is 12.1. The summed E-state index contributed by atoms with van der Waals surface area (Å²) in [5, 5.41) is 6.50. The number of aliphatic imine (C=N–C) groups is 1. The molecule has 154 valence electrons. The summed E-state index contributed by atoms with van der Waals surface area (Å²) in [5.41, 5.74) is 1.72. The first-order valence-corrected chi connectivity index (χ1v) is 9.12. The number of guanidine groups is 1. The number of hydrogen-bond acceptors (Lipinski definition) is 3. The highest BCUT2D eigenvalue weighted by molar-refractivity contribution is 5.79. The van der Waals surface area contributed by atoms with Gasteiger partial charge in [-0.3, -0.25) is 4.99 Å². The summed E-state index contributed by atoms with van der Waals surface area (Å²) in [7, 11) is 3.82. The van der Waals surface area contributed by atoms with Crippen LogP contribution in [-0.2, 0) is 17.9 Å². The molecule has 0 heterocycles. The molecule has 2 N–H and O–H groups in total. The topological polar surface area (TPSA) is 48.9 Å². The molecule has 0 aromatic heterocycles. The number of hydrogen-bond donors (Lipinski definition) is 2. The van der Waals surface area contributed by atoms with E-state index in [1.165, 1.54) is 0 Å². The molecule has 0 spiro atoms. The predicted octanol–water partition coefficient (Wildman–Crippen LogP) is 3.16. The summed E-state index contributed by atoms with van der Waals surface area (Å²) in [6.45, 7) is 5.36. The van der Waals surface area contributed by atoms with E-state index in [2.05, 4.69) is 46.2 Å². The van der Waals surface area contributed by atoms with Crippen molar-refractivity contribution >= 4 is 5.96 Å². The summed E-state index contributed by atoms with van der Waals surface area (Å²) >= 11 is 0. The Kier molecular flexibility index (Phi) is 10.2. The fourth-order valence-electron chi connectivity index (χ4n) is 2.33. The lowest BCUT2D eigenvalue weighted by atomic mass is 10.1. The number of rotatable bonds is 10. The highest BCUT2D eigenvalue weighted by Crippen LogP contribution is 2.15. The van der Waals surface area contributed by atoms with Crippen molar-refractivity contribution < 1.29 is 17.9 Å². The van der Waals surface area contributed by atoms with Gasteiger partial charge in [-0.15, -0.1) is 0 Å². The third kappa shape index (κ3) is 10.2. The van der Waals surface area contributed by atoms with Crippen molar-refractivity contribution in [3.05, 3.63) is 35.4 Å². The highest BCUT2D eigenvalue weighted by atomic mass is 19.4. The lowest BCUT2D eigenvalue weighted by Crippen LogP contribution is -2.42. The number of nitrogens with zero attached hydrogens (tertiary/aromatic N) is 2. The smallest absolute Gasteiger partial charge is 0.367 e. The Labute approximate surface area is 160 Å². The van der Waals surface area contributed by atoms with E-state index in [0.29, 0.717) is 24.1 Å². The molecule has 0 fully saturated rings. The molecule has 0 saturated heterocycles. The molecule has 1 aromatic carbocycles. The number of likely N-dealkylation sites (N-methyl/N-ethyl adjacent to an activating group) is 1. The molecule has 1 unspecified atom stereocenters. The molecule has 1 aromatic rings. The van der Waals surface area contributed by atoms with Crippen LogP contribution >= 0.6 is 0 Å². The Morgan fingerprint density at radius 2 is 1.81 bits per heavy atom. The van der Waals surface area contributed by atoms with Crippen molar-refractivity contribution in [3.8, 4) is 0 Å². The van der Waals surface area contributed by atoms with Crippen LogP contribution in [0, 0.1) is 0 Å². The lowest BCUT2D eigenvalue weighted by Gasteiger charge is -2.24. The highest BCUT2D eigenvalue weighted by Gasteiger charge is 2.27. The third-order valence-electron chi connectivity index (χ3n) is 4.34. The van der Waals surface area contributed by atoms with E-state index in [1.807, 2.05) is 12.1 Å². The van der Waals surface area contributed by atoms with Crippen molar-refractivity contribution in [1.82, 2.24) is 15.5 Å². The van der Waals surface area contributed by atoms with Gasteiger partial charge in [0.15, 0.2) is 5.96 Å². The average molecular weight is 388 g/mol. The minimum Gasteiger partial charge on any atom is -0.367 e. The third-order valence-corrected chi connectivity index (χ3v) is 4.34. The van der Waals surface area contributed by atoms with Gasteiger partial charge in [0.1, 0.15) is 6.61 Å². The number of halogens is 3. The van der Waals surface area contributed by atoms with E-state index in [-0.39, 0.29) is 6.61 Å². The largest absolute Gasteiger partial charge is 0.411 e. The SMILES string of the molecule is CCC(C)N(C)CCNC(=NC)NCc1ccc(COCC(F)(F)F)cc1. The average Bonchev–Trinajstić information content (AvgIpc) is 2.63. The van der Waals surface area contributed by atoms with Gasteiger partial charge in [0.05, 0.1) is 6.61 Å². The van der Waals surface area contributed by atoms with Gasteiger partial charge in [-0.05, 0) is 31.5 Å². The predicted molar refractivity (Wildman–Crippen MR) is 103 cm³/mol. The van der Waals surface area contributed by atoms with Gasteiger partial charge in [-0.2, -0.15) is 13.2 Å². The quantitative estimate of drug-likeness (QED) is 0.478. The van der Waals surface area contributed by atoms with E-state index >= 15 is 0 Å². The van der Waals surface area contributed by atoms with Crippen LogP contribution in [0.1, 0.15) is 31.4 Å². The standard InChI is InChI=1S/C19H31F3N4O/c1-5-15(2)26(4)11-10-24-18(23-3)25-12-16-6-8-17(9-7-16)13-27-14-19(20,21)22/h6-9,15H,5,10-14H2,1-4H3,(H2,23,24,25). The van der Waals surface area contributed by atoms with Crippen molar-refractivity contribution in [2.75, 3.05) is 33.8 Å². The Morgan fingerprint density at radius 1 is 1.19 bits per heavy atom. The van der Waals surface area contributed by atoms with Crippen LogP contribution in [0.5, 0.6) is 0 Å². The minimum atomic E-state index is -4.30. The Hall–Kier alpha value is -1.80. The summed E-state index contributed by atoms with van der Waals surface area (Å²) in [6, 6.07) is 7.81. The number of nitrogens with one attached hydrogen (secondary N) is 2. The molecule has 1 rings (SSSR count). The molecule has 0 amide bonds. The van der Waals surface area contributed by atoms with Gasteiger partial charge in [-0.1, -0.05) is 31.2 Å². The summed E-state index contributed by atoms with van der Waals surface area (Å²) < 4.78 is 40.9. The van der Waals surface area contributed by atoms with Crippen LogP contribution in [0.25, 0.3) is 0 Å². The maximum Gasteiger partial charge on any atom is 0.411 e. The molecule has 0 aliphatic heterocycles. The van der Waals surface area contributed by atoms with Crippen LogP contribution in [-0.4, -0.2) is 56.9 Å². The molecule has 8 heteroatoms. The lowest BCUT2D eigenvalue weighted by molar-refractivity contribution is -0.176. The molecular weight excluding hydrogens is 357 g/mol. The van der Waals surface area contributed by atoms with Gasteiger partial charge in [0, 0.05) is 32.7 Å². The van der Waals surface area contributed by atoms with E-state index in [4.69, 9.17) is 0 Å². The molecule has 0 radical (unpaired) electrons. The van der Waals surface area contributed by atoms with Gasteiger partial charge in [0.25, 0.3) is 0 Å². The zero-order chi connectivity index (χ0) is 20.3. The summed E-state index contributed by atoms with van der Waals surface area (Å²) in [4.78, 5) is 6.49. The van der Waals surface area contributed by atoms with Gasteiger partial charge < -0.3 is 20.3 Å². The fourth-order valence-corrected chi connectivity index (χ4v) is 2.33. The van der Waals surface area contributed by atoms with Crippen molar-refractivity contribution in [1.29, 1.82) is 0 Å². The monoisotopic (exact) mass is 388 g/mol. The van der Waals surface area contributed by atoms with E-state index in [1.54, 1.807) is 19.2 Å². The van der Waals surface area contributed by atoms with E-state index in [0.717, 1.165) is 25.1 Å². The minimum absolute atomic E-state index is 0.0554. The molecule has 0 saturated carbocycles. The molecule has 27 heavy (non-hydrogen) atoms. The molecule has 0 aliphatic carbocycles. The Bertz CT molecular complexity index is 561. The Morgan fingerprint density at radius 3 is 2.37 bits per heavy atom. The van der Waals surface area contributed by atoms with E-state index < -0.39 is 12.8 Å². The summed E-state index contributed by atoms with van der Waals surface area (Å²) in [5.74, 6) is 0.713. The van der Waals surface area contributed by atoms with Crippen LogP contribution in [0.4, 0.5) is 13.2 Å². The van der Waals surface area contributed by atoms with Crippen molar-refractivity contribution in [2.45, 2.75) is 45.6 Å². The fraction of sp³-hybridized carbons (Fsp3) is 0.632. The molecular formula is C19H31F3N4O. The first-order valence-electron chi connectivity index (χ1n) is 9.12. The molecule has 5 nitrogen and oxygen atoms in total. The zero-order valence-corrected chi connectivity index (χ0v) is 16.6. The van der Waals surface area contributed by atoms with Crippen LogP contribution in [0.2, 0.25) is 0 Å². The van der Waals surface area contributed by atoms with Crippen LogP contribution in [0.15, 0.2) is 29.3 Å². The van der Waals surface area contributed by atoms with Crippen molar-refractivity contribution in [2.24, 2.45) is 4.99 Å². The molecule has 1 atom stereocenters. The maximum absolute atomic E-state index is 12.1. The zero-order valence-electron chi connectivity index (χ0n) is 16.6. The van der Waals surface area contributed by atoms with Crippen LogP contribution in [0.3, 0.4) is 0 Å². The van der Waals surface area contributed by atoms with Gasteiger partial charge in [0.2, 0.25) is 0 Å².